The van der Waals surface area contributed by atoms with Crippen molar-refractivity contribution in [3.05, 3.63) is 29.8 Å². The molecule has 0 aromatic heterocycles. The van der Waals surface area contributed by atoms with E-state index in [0.717, 1.165) is 0 Å². The molecule has 0 amide bonds. The van der Waals surface area contributed by atoms with Crippen molar-refractivity contribution in [1.82, 2.24) is 0 Å². The van der Waals surface area contributed by atoms with Crippen molar-refractivity contribution >= 4 is 15.9 Å². The molecule has 0 N–H and O–H groups in total. The van der Waals surface area contributed by atoms with Crippen LogP contribution in [0.1, 0.15) is 5.56 Å². The molecule has 0 heterocycles. The standard InChI is InChI=1S/C10H10BrF3O/c11-5-6-15-9-4-2-1-3-8(9)7-10(12,13)14/h1-4H,5-7H2. The molecule has 0 spiro atoms. The van der Waals surface area contributed by atoms with E-state index >= 15 is 0 Å². The van der Waals surface area contributed by atoms with E-state index in [2.05, 4.69) is 15.9 Å². The Balaban J connectivity index is 2.77. The summed E-state index contributed by atoms with van der Waals surface area (Å²) in [6, 6.07) is 6.20. The predicted octanol–water partition coefficient (Wildman–Crippen LogP) is 3.57. The Labute approximate surface area is 94.4 Å². The highest BCUT2D eigenvalue weighted by molar-refractivity contribution is 9.09. The summed E-state index contributed by atoms with van der Waals surface area (Å²) in [5.74, 6) is 0.300. The lowest BCUT2D eigenvalue weighted by Gasteiger charge is -2.12. The molecule has 1 rings (SSSR count). The fraction of sp³-hybridized carbons (Fsp3) is 0.400. The number of rotatable bonds is 4. The zero-order valence-electron chi connectivity index (χ0n) is 7.85. The van der Waals surface area contributed by atoms with Crippen LogP contribution in [0.4, 0.5) is 13.2 Å². The van der Waals surface area contributed by atoms with Gasteiger partial charge in [-0.2, -0.15) is 13.2 Å². The van der Waals surface area contributed by atoms with Gasteiger partial charge in [0.05, 0.1) is 13.0 Å². The summed E-state index contributed by atoms with van der Waals surface area (Å²) in [4.78, 5) is 0. The number of alkyl halides is 4. The molecule has 0 saturated heterocycles. The highest BCUT2D eigenvalue weighted by Crippen LogP contribution is 2.27. The van der Waals surface area contributed by atoms with Crippen molar-refractivity contribution in [3.8, 4) is 5.75 Å². The van der Waals surface area contributed by atoms with Crippen molar-refractivity contribution in [2.45, 2.75) is 12.6 Å². The summed E-state index contributed by atoms with van der Waals surface area (Å²) in [6.45, 7) is 0.356. The van der Waals surface area contributed by atoms with E-state index in [4.69, 9.17) is 4.74 Å². The largest absolute Gasteiger partial charge is 0.492 e. The normalized spacial score (nSPS) is 11.5. The van der Waals surface area contributed by atoms with Crippen LogP contribution in [0, 0.1) is 0 Å². The summed E-state index contributed by atoms with van der Waals surface area (Å²) >= 11 is 3.15. The fourth-order valence-electron chi connectivity index (χ4n) is 1.16. The molecule has 5 heteroatoms. The first-order valence-corrected chi connectivity index (χ1v) is 5.48. The lowest BCUT2D eigenvalue weighted by Crippen LogP contribution is -2.13. The molecular weight excluding hydrogens is 273 g/mol. The number of para-hydroxylation sites is 1. The van der Waals surface area contributed by atoms with Gasteiger partial charge in [0.15, 0.2) is 0 Å². The van der Waals surface area contributed by atoms with Gasteiger partial charge in [0, 0.05) is 10.9 Å². The van der Waals surface area contributed by atoms with Crippen LogP contribution in [-0.2, 0) is 6.42 Å². The Bertz CT molecular complexity index is 312. The second kappa shape index (κ2) is 5.39. The summed E-state index contributed by atoms with van der Waals surface area (Å²) < 4.78 is 41.7. The van der Waals surface area contributed by atoms with Crippen LogP contribution in [0.25, 0.3) is 0 Å². The molecule has 0 bridgehead atoms. The van der Waals surface area contributed by atoms with E-state index in [1.807, 2.05) is 0 Å². The van der Waals surface area contributed by atoms with Crippen LogP contribution in [0.2, 0.25) is 0 Å². The zero-order chi connectivity index (χ0) is 11.3. The molecule has 0 aliphatic rings. The van der Waals surface area contributed by atoms with E-state index in [1.54, 1.807) is 18.2 Å². The summed E-state index contributed by atoms with van der Waals surface area (Å²) in [5, 5.41) is 0.591. The molecule has 0 fully saturated rings. The quantitative estimate of drug-likeness (QED) is 0.768. The average molecular weight is 283 g/mol. The minimum Gasteiger partial charge on any atom is -0.492 e. The second-order valence-electron chi connectivity index (χ2n) is 2.94. The van der Waals surface area contributed by atoms with Gasteiger partial charge in [0.1, 0.15) is 5.75 Å². The molecular formula is C10H10BrF3O. The predicted molar refractivity (Wildman–Crippen MR) is 55.5 cm³/mol. The van der Waals surface area contributed by atoms with E-state index < -0.39 is 12.6 Å². The van der Waals surface area contributed by atoms with Gasteiger partial charge in [-0.1, -0.05) is 34.1 Å². The van der Waals surface area contributed by atoms with Gasteiger partial charge in [-0.15, -0.1) is 0 Å². The van der Waals surface area contributed by atoms with E-state index in [1.165, 1.54) is 6.07 Å². The third-order valence-electron chi connectivity index (χ3n) is 1.70. The summed E-state index contributed by atoms with van der Waals surface area (Å²) in [5.41, 5.74) is 0.172. The minimum atomic E-state index is -4.20. The molecule has 0 saturated carbocycles. The van der Waals surface area contributed by atoms with Gasteiger partial charge in [0.25, 0.3) is 0 Å². The average Bonchev–Trinajstić information content (AvgIpc) is 2.14. The number of benzene rings is 1. The molecule has 0 atom stereocenters. The van der Waals surface area contributed by atoms with Gasteiger partial charge in [-0.05, 0) is 6.07 Å². The van der Waals surface area contributed by atoms with Gasteiger partial charge in [0.2, 0.25) is 0 Å². The van der Waals surface area contributed by atoms with Gasteiger partial charge >= 0.3 is 6.18 Å². The first kappa shape index (κ1) is 12.4. The van der Waals surface area contributed by atoms with Crippen LogP contribution in [0.5, 0.6) is 5.75 Å². The zero-order valence-corrected chi connectivity index (χ0v) is 9.44. The van der Waals surface area contributed by atoms with Crippen LogP contribution in [0.15, 0.2) is 24.3 Å². The van der Waals surface area contributed by atoms with E-state index in [0.29, 0.717) is 17.7 Å². The van der Waals surface area contributed by atoms with Gasteiger partial charge in [-0.3, -0.25) is 0 Å². The Morgan fingerprint density at radius 1 is 1.20 bits per heavy atom. The van der Waals surface area contributed by atoms with Gasteiger partial charge < -0.3 is 4.74 Å². The third-order valence-corrected chi connectivity index (χ3v) is 2.02. The maximum atomic E-state index is 12.2. The number of hydrogen-bond donors (Lipinski definition) is 0. The Morgan fingerprint density at radius 3 is 2.47 bits per heavy atom. The van der Waals surface area contributed by atoms with E-state index in [-0.39, 0.29) is 5.56 Å². The first-order chi connectivity index (χ1) is 7.03. The fourth-order valence-corrected chi connectivity index (χ4v) is 1.32. The van der Waals surface area contributed by atoms with Crippen LogP contribution in [0.3, 0.4) is 0 Å². The van der Waals surface area contributed by atoms with Gasteiger partial charge in [-0.25, -0.2) is 0 Å². The molecule has 1 aromatic rings. The smallest absolute Gasteiger partial charge is 0.393 e. The highest BCUT2D eigenvalue weighted by atomic mass is 79.9. The van der Waals surface area contributed by atoms with Crippen molar-refractivity contribution in [2.24, 2.45) is 0 Å². The van der Waals surface area contributed by atoms with Crippen LogP contribution in [-0.4, -0.2) is 18.1 Å². The van der Waals surface area contributed by atoms with Crippen molar-refractivity contribution in [2.75, 3.05) is 11.9 Å². The summed E-state index contributed by atoms with van der Waals surface area (Å²) in [7, 11) is 0. The van der Waals surface area contributed by atoms with E-state index in [9.17, 15) is 13.2 Å². The molecule has 1 nitrogen and oxygen atoms in total. The Morgan fingerprint density at radius 2 is 1.87 bits per heavy atom. The molecule has 0 unspecified atom stereocenters. The van der Waals surface area contributed by atoms with Crippen molar-refractivity contribution in [1.29, 1.82) is 0 Å². The first-order valence-electron chi connectivity index (χ1n) is 4.36. The molecule has 84 valence electrons. The summed E-state index contributed by atoms with van der Waals surface area (Å²) in [6.07, 6.45) is -5.15. The highest BCUT2D eigenvalue weighted by Gasteiger charge is 2.29. The monoisotopic (exact) mass is 282 g/mol. The maximum Gasteiger partial charge on any atom is 0.393 e. The molecule has 0 aliphatic heterocycles. The molecule has 0 radical (unpaired) electrons. The SMILES string of the molecule is FC(F)(F)Cc1ccccc1OCCBr. The van der Waals surface area contributed by atoms with Crippen LogP contribution >= 0.6 is 15.9 Å². The van der Waals surface area contributed by atoms with Crippen molar-refractivity contribution < 1.29 is 17.9 Å². The van der Waals surface area contributed by atoms with Crippen LogP contribution < -0.4 is 4.74 Å². The third kappa shape index (κ3) is 4.55. The number of hydrogen-bond acceptors (Lipinski definition) is 1. The molecule has 0 aliphatic carbocycles. The maximum absolute atomic E-state index is 12.2. The number of ether oxygens (including phenoxy) is 1. The second-order valence-corrected chi connectivity index (χ2v) is 3.73. The lowest BCUT2D eigenvalue weighted by molar-refractivity contribution is -0.127. The minimum absolute atomic E-state index is 0.172. The molecule has 1 aromatic carbocycles. The Hall–Kier alpha value is -0.710. The Kier molecular flexibility index (Phi) is 4.45. The number of halogens is 4. The molecule has 15 heavy (non-hydrogen) atoms. The van der Waals surface area contributed by atoms with Crippen molar-refractivity contribution in [3.63, 3.8) is 0 Å². The lowest BCUT2D eigenvalue weighted by atomic mass is 10.1. The topological polar surface area (TPSA) is 9.23 Å².